The number of amides is 2. The van der Waals surface area contributed by atoms with Gasteiger partial charge in [-0.15, -0.1) is 0 Å². The number of unbranched alkanes of at least 4 members (excludes halogenated alkanes) is 2. The molecule has 0 bridgehead atoms. The van der Waals surface area contributed by atoms with E-state index in [-0.39, 0.29) is 16.2 Å². The van der Waals surface area contributed by atoms with Crippen molar-refractivity contribution in [2.24, 2.45) is 0 Å². The number of nitriles is 1. The van der Waals surface area contributed by atoms with Crippen molar-refractivity contribution >= 4 is 16.1 Å². The molecule has 28 heavy (non-hydrogen) atoms. The molecule has 0 unspecified atom stereocenters. The summed E-state index contributed by atoms with van der Waals surface area (Å²) in [5, 5.41) is 11.6. The molecule has 0 saturated carbocycles. The summed E-state index contributed by atoms with van der Waals surface area (Å²) in [5.74, 6) is 0.473. The van der Waals surface area contributed by atoms with Gasteiger partial charge in [-0.1, -0.05) is 31.9 Å². The Morgan fingerprint density at radius 2 is 1.96 bits per heavy atom. The fraction of sp³-hybridized carbons (Fsp3) is 0.300. The number of nitrogens with one attached hydrogen (secondary N) is 2. The molecule has 0 saturated heterocycles. The average Bonchev–Trinajstić information content (AvgIpc) is 2.65. The van der Waals surface area contributed by atoms with Crippen LogP contribution < -0.4 is 14.8 Å². The molecule has 2 N–H and O–H groups in total. The van der Waals surface area contributed by atoms with E-state index in [1.165, 1.54) is 18.2 Å². The van der Waals surface area contributed by atoms with Gasteiger partial charge in [0.25, 0.3) is 10.0 Å². The molecule has 0 aliphatic carbocycles. The first-order valence-corrected chi connectivity index (χ1v) is 10.4. The fourth-order valence-corrected chi connectivity index (χ4v) is 3.55. The van der Waals surface area contributed by atoms with E-state index < -0.39 is 16.1 Å². The summed E-state index contributed by atoms with van der Waals surface area (Å²) in [5.41, 5.74) is 1.08. The summed E-state index contributed by atoms with van der Waals surface area (Å²) in [4.78, 5) is 11.7. The van der Waals surface area contributed by atoms with Crippen LogP contribution in [0, 0.1) is 18.3 Å². The smallest absolute Gasteiger partial charge is 0.328 e. The second kappa shape index (κ2) is 9.76. The summed E-state index contributed by atoms with van der Waals surface area (Å²) >= 11 is 0. The van der Waals surface area contributed by atoms with E-state index in [9.17, 15) is 13.2 Å². The van der Waals surface area contributed by atoms with E-state index in [0.717, 1.165) is 24.8 Å². The van der Waals surface area contributed by atoms with Crippen LogP contribution in [-0.2, 0) is 10.0 Å². The molecule has 148 valence electrons. The number of benzene rings is 2. The molecule has 0 spiro atoms. The summed E-state index contributed by atoms with van der Waals surface area (Å²) < 4.78 is 33.1. The molecule has 2 aromatic carbocycles. The standard InChI is InChI=1S/C20H23N3O4S/c1-3-4-5-11-22-20(24)23-28(25,26)19-13-16(14-21)9-10-18(19)27-17-8-6-7-15(2)12-17/h6-10,12-13H,3-5,11H2,1-2H3,(H2,22,23,24). The van der Waals surface area contributed by atoms with Gasteiger partial charge in [0.1, 0.15) is 16.4 Å². The monoisotopic (exact) mass is 401 g/mol. The number of nitrogens with zero attached hydrogens (tertiary/aromatic N) is 1. The van der Waals surface area contributed by atoms with Crippen LogP contribution in [0.5, 0.6) is 11.5 Å². The lowest BCUT2D eigenvalue weighted by Crippen LogP contribution is -2.39. The van der Waals surface area contributed by atoms with Crippen LogP contribution in [0.15, 0.2) is 47.4 Å². The number of rotatable bonds is 8. The quantitative estimate of drug-likeness (QED) is 0.653. The van der Waals surface area contributed by atoms with Gasteiger partial charge in [0.15, 0.2) is 0 Å². The predicted octanol–water partition coefficient (Wildman–Crippen LogP) is 3.84. The van der Waals surface area contributed by atoms with Crippen LogP contribution >= 0.6 is 0 Å². The lowest BCUT2D eigenvalue weighted by atomic mass is 10.2. The lowest BCUT2D eigenvalue weighted by molar-refractivity contribution is 0.245. The van der Waals surface area contributed by atoms with Crippen LogP contribution in [0.3, 0.4) is 0 Å². The van der Waals surface area contributed by atoms with Gasteiger partial charge >= 0.3 is 6.03 Å². The molecule has 0 aliphatic rings. The van der Waals surface area contributed by atoms with Gasteiger partial charge in [-0.3, -0.25) is 0 Å². The molecule has 0 aliphatic heterocycles. The second-order valence-corrected chi connectivity index (χ2v) is 7.91. The highest BCUT2D eigenvalue weighted by Gasteiger charge is 2.23. The number of urea groups is 1. The van der Waals surface area contributed by atoms with Gasteiger partial charge in [-0.2, -0.15) is 5.26 Å². The Bertz CT molecular complexity index is 981. The number of hydrogen-bond donors (Lipinski definition) is 2. The Morgan fingerprint density at radius 3 is 2.64 bits per heavy atom. The number of carbonyl (C=O) groups excluding carboxylic acids is 1. The highest BCUT2D eigenvalue weighted by molar-refractivity contribution is 7.90. The number of aryl methyl sites for hydroxylation is 1. The van der Waals surface area contributed by atoms with Crippen molar-refractivity contribution in [3.8, 4) is 17.6 Å². The Balaban J connectivity index is 2.26. The van der Waals surface area contributed by atoms with Gasteiger partial charge in [0.05, 0.1) is 11.6 Å². The average molecular weight is 401 g/mol. The second-order valence-electron chi connectivity index (χ2n) is 6.26. The summed E-state index contributed by atoms with van der Waals surface area (Å²) in [6, 6.07) is 12.2. The lowest BCUT2D eigenvalue weighted by Gasteiger charge is -2.13. The molecule has 0 atom stereocenters. The molecular weight excluding hydrogens is 378 g/mol. The van der Waals surface area contributed by atoms with E-state index in [0.29, 0.717) is 12.3 Å². The number of ether oxygens (including phenoxy) is 1. The molecular formula is C20H23N3O4S. The zero-order valence-electron chi connectivity index (χ0n) is 15.9. The molecule has 8 heteroatoms. The molecule has 2 rings (SSSR count). The minimum absolute atomic E-state index is 0.0240. The van der Waals surface area contributed by atoms with Crippen LogP contribution in [-0.4, -0.2) is 21.0 Å². The molecule has 0 aromatic heterocycles. The first-order chi connectivity index (χ1) is 13.4. The van der Waals surface area contributed by atoms with Crippen molar-refractivity contribution in [2.75, 3.05) is 6.54 Å². The van der Waals surface area contributed by atoms with Gasteiger partial charge in [-0.05, 0) is 49.2 Å². The highest BCUT2D eigenvalue weighted by Crippen LogP contribution is 2.30. The third-order valence-electron chi connectivity index (χ3n) is 3.87. The molecule has 2 aromatic rings. The van der Waals surface area contributed by atoms with Gasteiger partial charge in [0, 0.05) is 6.54 Å². The number of hydrogen-bond acceptors (Lipinski definition) is 5. The first kappa shape index (κ1) is 21.3. The van der Waals surface area contributed by atoms with E-state index in [2.05, 4.69) is 5.32 Å². The largest absolute Gasteiger partial charge is 0.456 e. The molecule has 0 radical (unpaired) electrons. The Hall–Kier alpha value is -3.05. The predicted molar refractivity (Wildman–Crippen MR) is 106 cm³/mol. The molecule has 0 fully saturated rings. The van der Waals surface area contributed by atoms with Gasteiger partial charge in [0.2, 0.25) is 0 Å². The molecule has 7 nitrogen and oxygen atoms in total. The minimum Gasteiger partial charge on any atom is -0.456 e. The Kier molecular flexibility index (Phi) is 7.41. The van der Waals surface area contributed by atoms with E-state index in [1.807, 2.05) is 30.7 Å². The van der Waals surface area contributed by atoms with Crippen molar-refractivity contribution in [2.45, 2.75) is 38.0 Å². The van der Waals surface area contributed by atoms with Crippen LogP contribution in [0.1, 0.15) is 37.3 Å². The third-order valence-corrected chi connectivity index (χ3v) is 5.22. The minimum atomic E-state index is -4.23. The zero-order valence-corrected chi connectivity index (χ0v) is 16.7. The van der Waals surface area contributed by atoms with Crippen LogP contribution in [0.2, 0.25) is 0 Å². The van der Waals surface area contributed by atoms with Crippen LogP contribution in [0.25, 0.3) is 0 Å². The van der Waals surface area contributed by atoms with Crippen LogP contribution in [0.4, 0.5) is 4.79 Å². The number of carbonyl (C=O) groups is 1. The van der Waals surface area contributed by atoms with E-state index in [4.69, 9.17) is 10.00 Å². The Labute approximate surface area is 165 Å². The van der Waals surface area contributed by atoms with Gasteiger partial charge < -0.3 is 10.1 Å². The fourth-order valence-electron chi connectivity index (χ4n) is 2.47. The first-order valence-electron chi connectivity index (χ1n) is 8.95. The Morgan fingerprint density at radius 1 is 1.18 bits per heavy atom. The van der Waals surface area contributed by atoms with Crippen molar-refractivity contribution in [1.29, 1.82) is 5.26 Å². The maximum atomic E-state index is 12.7. The summed E-state index contributed by atoms with van der Waals surface area (Å²) in [6.45, 7) is 4.29. The molecule has 0 heterocycles. The summed E-state index contributed by atoms with van der Waals surface area (Å²) in [7, 11) is -4.23. The van der Waals surface area contributed by atoms with Crippen molar-refractivity contribution in [3.05, 3.63) is 53.6 Å². The van der Waals surface area contributed by atoms with Gasteiger partial charge in [-0.25, -0.2) is 17.9 Å². The topological polar surface area (TPSA) is 108 Å². The highest BCUT2D eigenvalue weighted by atomic mass is 32.2. The third kappa shape index (κ3) is 5.99. The zero-order chi connectivity index (χ0) is 20.6. The van der Waals surface area contributed by atoms with E-state index in [1.54, 1.807) is 18.2 Å². The van der Waals surface area contributed by atoms with Crippen molar-refractivity contribution < 1.29 is 17.9 Å². The van der Waals surface area contributed by atoms with E-state index >= 15 is 0 Å². The SMILES string of the molecule is CCCCCNC(=O)NS(=O)(=O)c1cc(C#N)ccc1Oc1cccc(C)c1. The number of sulfonamides is 1. The summed E-state index contributed by atoms with van der Waals surface area (Å²) in [6.07, 6.45) is 2.68. The molecule has 2 amide bonds. The maximum Gasteiger partial charge on any atom is 0.328 e. The normalized spacial score (nSPS) is 10.8. The maximum absolute atomic E-state index is 12.7. The van der Waals surface area contributed by atoms with Crippen molar-refractivity contribution in [3.63, 3.8) is 0 Å². The van der Waals surface area contributed by atoms with Crippen molar-refractivity contribution in [1.82, 2.24) is 10.0 Å².